The van der Waals surface area contributed by atoms with Crippen LogP contribution in [0.4, 0.5) is 14.5 Å². The van der Waals surface area contributed by atoms with E-state index in [9.17, 15) is 13.6 Å². The Hall–Kier alpha value is -1.82. The van der Waals surface area contributed by atoms with Crippen molar-refractivity contribution in [1.82, 2.24) is 4.98 Å². The molecule has 6 heteroatoms. The lowest BCUT2D eigenvalue weighted by molar-refractivity contribution is 0.0984. The number of aromatic nitrogens is 1. The molecule has 2 aromatic rings. The minimum Gasteiger partial charge on any atom is -0.307 e. The van der Waals surface area contributed by atoms with Crippen molar-refractivity contribution in [2.24, 2.45) is 0 Å². The fraction of sp³-hybridized carbons (Fsp3) is 0.143. The zero-order chi connectivity index (χ0) is 14.7. The van der Waals surface area contributed by atoms with Gasteiger partial charge in [0.25, 0.3) is 5.91 Å². The van der Waals surface area contributed by atoms with Gasteiger partial charge in [0.05, 0.1) is 21.9 Å². The van der Waals surface area contributed by atoms with E-state index in [-0.39, 0.29) is 10.0 Å². The van der Waals surface area contributed by atoms with Gasteiger partial charge >= 0.3 is 0 Å². The summed E-state index contributed by atoms with van der Waals surface area (Å²) >= 11 is 2.95. The maximum atomic E-state index is 13.8. The maximum absolute atomic E-state index is 13.8. The van der Waals surface area contributed by atoms with Crippen LogP contribution in [0.25, 0.3) is 0 Å². The molecule has 1 heterocycles. The average molecular weight is 341 g/mol. The number of pyridine rings is 1. The zero-order valence-corrected chi connectivity index (χ0v) is 12.2. The number of rotatable bonds is 3. The summed E-state index contributed by atoms with van der Waals surface area (Å²) in [4.78, 5) is 17.7. The van der Waals surface area contributed by atoms with Crippen LogP contribution in [-0.2, 0) is 0 Å². The number of nitrogens with zero attached hydrogens (tertiary/aromatic N) is 2. The number of hydrogen-bond donors (Lipinski definition) is 0. The number of carbonyl (C=O) groups excluding carboxylic acids is 1. The third kappa shape index (κ3) is 2.85. The fourth-order valence-electron chi connectivity index (χ4n) is 1.79. The lowest BCUT2D eigenvalue weighted by atomic mass is 10.1. The summed E-state index contributed by atoms with van der Waals surface area (Å²) in [6.45, 7) is 2.11. The van der Waals surface area contributed by atoms with Crippen LogP contribution in [0.5, 0.6) is 0 Å². The van der Waals surface area contributed by atoms with Gasteiger partial charge in [-0.15, -0.1) is 0 Å². The molecule has 1 amide bonds. The molecule has 0 fully saturated rings. The molecule has 0 spiro atoms. The third-order valence-electron chi connectivity index (χ3n) is 2.76. The second-order valence-electron chi connectivity index (χ2n) is 4.01. The van der Waals surface area contributed by atoms with Crippen LogP contribution in [-0.4, -0.2) is 17.4 Å². The molecule has 0 aliphatic rings. The summed E-state index contributed by atoms with van der Waals surface area (Å²) in [5.74, 6) is -2.18. The number of halogens is 3. The fourth-order valence-corrected chi connectivity index (χ4v) is 2.13. The third-order valence-corrected chi connectivity index (χ3v) is 3.37. The first-order valence-electron chi connectivity index (χ1n) is 5.91. The highest BCUT2D eigenvalue weighted by Gasteiger charge is 2.21. The Morgan fingerprint density at radius 3 is 2.70 bits per heavy atom. The second kappa shape index (κ2) is 6.09. The van der Waals surface area contributed by atoms with Gasteiger partial charge in [0.15, 0.2) is 0 Å². The lowest BCUT2D eigenvalue weighted by Crippen LogP contribution is -2.31. The molecule has 0 atom stereocenters. The van der Waals surface area contributed by atoms with Gasteiger partial charge in [-0.2, -0.15) is 0 Å². The topological polar surface area (TPSA) is 33.2 Å². The Morgan fingerprint density at radius 2 is 2.10 bits per heavy atom. The molecule has 0 saturated carbocycles. The quantitative estimate of drug-likeness (QED) is 0.796. The Labute approximate surface area is 123 Å². The maximum Gasteiger partial charge on any atom is 0.261 e. The van der Waals surface area contributed by atoms with Crippen molar-refractivity contribution in [2.75, 3.05) is 11.4 Å². The van der Waals surface area contributed by atoms with E-state index in [1.165, 1.54) is 11.1 Å². The molecule has 20 heavy (non-hydrogen) atoms. The van der Waals surface area contributed by atoms with Crippen LogP contribution in [0.1, 0.15) is 17.3 Å². The Balaban J connectivity index is 2.42. The van der Waals surface area contributed by atoms with E-state index in [1.54, 1.807) is 25.3 Å². The van der Waals surface area contributed by atoms with Gasteiger partial charge in [0.2, 0.25) is 0 Å². The van der Waals surface area contributed by atoms with E-state index in [2.05, 4.69) is 20.9 Å². The molecular formula is C14H11BrF2N2O. The number of carbonyl (C=O) groups is 1. The molecular weight excluding hydrogens is 330 g/mol. The minimum absolute atomic E-state index is 0.0458. The van der Waals surface area contributed by atoms with Gasteiger partial charge in [0, 0.05) is 18.8 Å². The highest BCUT2D eigenvalue weighted by Crippen LogP contribution is 2.23. The zero-order valence-electron chi connectivity index (χ0n) is 10.6. The second-order valence-corrected chi connectivity index (χ2v) is 4.86. The standard InChI is InChI=1S/C14H11BrF2N2O/c1-2-19(9-4-3-5-18-8-9)14(20)10-6-11(15)13(17)7-12(10)16/h3-8H,2H2,1H3. The van der Waals surface area contributed by atoms with Crippen LogP contribution in [0, 0.1) is 11.6 Å². The predicted molar refractivity (Wildman–Crippen MR) is 75.6 cm³/mol. The Bertz CT molecular complexity index is 635. The molecule has 0 aliphatic heterocycles. The summed E-state index contributed by atoms with van der Waals surface area (Å²) in [7, 11) is 0. The molecule has 104 valence electrons. The van der Waals surface area contributed by atoms with Gasteiger partial charge in [-0.1, -0.05) is 0 Å². The van der Waals surface area contributed by atoms with Gasteiger partial charge in [0.1, 0.15) is 11.6 Å². The highest BCUT2D eigenvalue weighted by molar-refractivity contribution is 9.10. The normalized spacial score (nSPS) is 10.4. The molecule has 0 bridgehead atoms. The van der Waals surface area contributed by atoms with E-state index in [4.69, 9.17) is 0 Å². The van der Waals surface area contributed by atoms with Crippen molar-refractivity contribution in [3.8, 4) is 0 Å². The molecule has 0 radical (unpaired) electrons. The van der Waals surface area contributed by atoms with E-state index in [0.717, 1.165) is 6.07 Å². The van der Waals surface area contributed by atoms with Crippen molar-refractivity contribution in [3.05, 3.63) is 58.3 Å². The first-order valence-corrected chi connectivity index (χ1v) is 6.70. The van der Waals surface area contributed by atoms with Crippen molar-refractivity contribution < 1.29 is 13.6 Å². The van der Waals surface area contributed by atoms with Crippen LogP contribution in [0.3, 0.4) is 0 Å². The molecule has 1 aromatic heterocycles. The Morgan fingerprint density at radius 1 is 1.35 bits per heavy atom. The molecule has 2 rings (SSSR count). The number of amides is 1. The van der Waals surface area contributed by atoms with E-state index < -0.39 is 17.5 Å². The summed E-state index contributed by atoms with van der Waals surface area (Å²) in [5.41, 5.74) is 0.365. The average Bonchev–Trinajstić information content (AvgIpc) is 2.44. The first kappa shape index (κ1) is 14.6. The monoisotopic (exact) mass is 340 g/mol. The largest absolute Gasteiger partial charge is 0.307 e. The van der Waals surface area contributed by atoms with E-state index in [0.29, 0.717) is 18.3 Å². The van der Waals surface area contributed by atoms with Crippen molar-refractivity contribution >= 4 is 27.5 Å². The van der Waals surface area contributed by atoms with Gasteiger partial charge in [-0.05, 0) is 41.1 Å². The lowest BCUT2D eigenvalue weighted by Gasteiger charge is -2.21. The molecule has 3 nitrogen and oxygen atoms in total. The number of anilines is 1. The van der Waals surface area contributed by atoms with Crippen molar-refractivity contribution in [2.45, 2.75) is 6.92 Å². The van der Waals surface area contributed by atoms with Gasteiger partial charge < -0.3 is 4.90 Å². The first-order chi connectivity index (χ1) is 9.54. The van der Waals surface area contributed by atoms with E-state index in [1.807, 2.05) is 0 Å². The summed E-state index contributed by atoms with van der Waals surface area (Å²) in [6.07, 6.45) is 3.09. The van der Waals surface area contributed by atoms with Crippen LogP contribution in [0.15, 0.2) is 41.1 Å². The van der Waals surface area contributed by atoms with Gasteiger partial charge in [-0.25, -0.2) is 8.78 Å². The van der Waals surface area contributed by atoms with Crippen LogP contribution >= 0.6 is 15.9 Å². The molecule has 0 aliphatic carbocycles. The molecule has 0 N–H and O–H groups in total. The van der Waals surface area contributed by atoms with Crippen LogP contribution in [0.2, 0.25) is 0 Å². The van der Waals surface area contributed by atoms with Crippen molar-refractivity contribution in [3.63, 3.8) is 0 Å². The smallest absolute Gasteiger partial charge is 0.261 e. The SMILES string of the molecule is CCN(C(=O)c1cc(Br)c(F)cc1F)c1cccnc1. The van der Waals surface area contributed by atoms with Crippen LogP contribution < -0.4 is 4.90 Å². The number of benzene rings is 1. The summed E-state index contributed by atoms with van der Waals surface area (Å²) < 4.78 is 27.0. The predicted octanol–water partition coefficient (Wildman–Crippen LogP) is 3.79. The highest BCUT2D eigenvalue weighted by atomic mass is 79.9. The summed E-state index contributed by atoms with van der Waals surface area (Å²) in [6, 6.07) is 5.22. The number of hydrogen-bond acceptors (Lipinski definition) is 2. The van der Waals surface area contributed by atoms with Gasteiger partial charge in [-0.3, -0.25) is 9.78 Å². The van der Waals surface area contributed by atoms with Crippen molar-refractivity contribution in [1.29, 1.82) is 0 Å². The molecule has 0 saturated heterocycles. The van der Waals surface area contributed by atoms with E-state index >= 15 is 0 Å². The minimum atomic E-state index is -0.891. The molecule has 1 aromatic carbocycles. The Kier molecular flexibility index (Phi) is 4.44. The molecule has 0 unspecified atom stereocenters. The summed E-state index contributed by atoms with van der Waals surface area (Å²) in [5, 5.41) is 0.